The summed E-state index contributed by atoms with van der Waals surface area (Å²) in [7, 11) is 0. The zero-order valence-corrected chi connectivity index (χ0v) is 10.8. The highest BCUT2D eigenvalue weighted by atomic mass is 16.4. The van der Waals surface area contributed by atoms with Gasteiger partial charge in [-0.3, -0.25) is 0 Å². The Morgan fingerprint density at radius 1 is 1.47 bits per heavy atom. The monoisotopic (exact) mass is 237 g/mol. The minimum atomic E-state index is -1.09. The number of carbonyl (C=O) groups is 1. The zero-order chi connectivity index (χ0) is 13.0. The SMILES string of the molecule is CCN(CC(C)C)c1cc(C)nc(C(=O)O)n1. The first kappa shape index (κ1) is 13.4. The van der Waals surface area contributed by atoms with Gasteiger partial charge < -0.3 is 10.0 Å². The largest absolute Gasteiger partial charge is 0.475 e. The van der Waals surface area contributed by atoms with E-state index >= 15 is 0 Å². The number of hydrogen-bond donors (Lipinski definition) is 1. The summed E-state index contributed by atoms with van der Waals surface area (Å²) in [5.41, 5.74) is 0.676. The molecule has 17 heavy (non-hydrogen) atoms. The van der Waals surface area contributed by atoms with Gasteiger partial charge in [0, 0.05) is 24.8 Å². The zero-order valence-electron chi connectivity index (χ0n) is 10.8. The molecule has 0 aliphatic heterocycles. The maximum Gasteiger partial charge on any atom is 0.374 e. The molecule has 0 radical (unpaired) electrons. The number of carboxylic acids is 1. The summed E-state index contributed by atoms with van der Waals surface area (Å²) in [6.07, 6.45) is 0. The van der Waals surface area contributed by atoms with E-state index < -0.39 is 5.97 Å². The van der Waals surface area contributed by atoms with E-state index in [1.807, 2.05) is 13.0 Å². The van der Waals surface area contributed by atoms with Gasteiger partial charge in [0.1, 0.15) is 5.82 Å². The van der Waals surface area contributed by atoms with E-state index in [4.69, 9.17) is 5.11 Å². The van der Waals surface area contributed by atoms with Crippen LogP contribution in [0.1, 0.15) is 37.1 Å². The lowest BCUT2D eigenvalue weighted by Crippen LogP contribution is -2.29. The van der Waals surface area contributed by atoms with E-state index in [0.717, 1.165) is 13.1 Å². The van der Waals surface area contributed by atoms with E-state index in [0.29, 0.717) is 17.4 Å². The molecule has 94 valence electrons. The predicted molar refractivity (Wildman–Crippen MR) is 66.5 cm³/mol. The number of nitrogens with zero attached hydrogens (tertiary/aromatic N) is 3. The molecule has 0 spiro atoms. The topological polar surface area (TPSA) is 66.3 Å². The molecule has 1 aromatic heterocycles. The van der Waals surface area contributed by atoms with Gasteiger partial charge in [0.05, 0.1) is 0 Å². The van der Waals surface area contributed by atoms with Gasteiger partial charge in [0.25, 0.3) is 0 Å². The summed E-state index contributed by atoms with van der Waals surface area (Å²) >= 11 is 0. The Balaban J connectivity index is 3.06. The summed E-state index contributed by atoms with van der Waals surface area (Å²) in [4.78, 5) is 20.9. The van der Waals surface area contributed by atoms with E-state index in [-0.39, 0.29) is 5.82 Å². The quantitative estimate of drug-likeness (QED) is 0.848. The van der Waals surface area contributed by atoms with Gasteiger partial charge in [-0.05, 0) is 19.8 Å². The molecule has 0 fully saturated rings. The minimum Gasteiger partial charge on any atom is -0.475 e. The second kappa shape index (κ2) is 5.61. The third-order valence-electron chi connectivity index (χ3n) is 2.32. The molecule has 0 amide bonds. The first-order valence-corrected chi connectivity index (χ1v) is 5.78. The molecule has 1 aromatic rings. The van der Waals surface area contributed by atoms with Crippen LogP contribution < -0.4 is 4.90 Å². The molecule has 0 saturated carbocycles. The summed E-state index contributed by atoms with van der Waals surface area (Å²) < 4.78 is 0. The van der Waals surface area contributed by atoms with Crippen LogP contribution in [0.15, 0.2) is 6.07 Å². The van der Waals surface area contributed by atoms with Gasteiger partial charge in [-0.2, -0.15) is 0 Å². The molecule has 0 aliphatic carbocycles. The van der Waals surface area contributed by atoms with Crippen molar-refractivity contribution in [3.8, 4) is 0 Å². The predicted octanol–water partition coefficient (Wildman–Crippen LogP) is 1.97. The standard InChI is InChI=1S/C12H19N3O2/c1-5-15(7-8(2)3)10-6-9(4)13-11(14-10)12(16)17/h6,8H,5,7H2,1-4H3,(H,16,17). The van der Waals surface area contributed by atoms with Crippen molar-refractivity contribution in [2.24, 2.45) is 5.92 Å². The Labute approximate surface area is 102 Å². The smallest absolute Gasteiger partial charge is 0.374 e. The average molecular weight is 237 g/mol. The highest BCUT2D eigenvalue weighted by Gasteiger charge is 2.13. The minimum absolute atomic E-state index is 0.137. The van der Waals surface area contributed by atoms with Gasteiger partial charge in [0.2, 0.25) is 5.82 Å². The third-order valence-corrected chi connectivity index (χ3v) is 2.32. The molecular weight excluding hydrogens is 218 g/mol. The van der Waals surface area contributed by atoms with Crippen molar-refractivity contribution < 1.29 is 9.90 Å². The molecule has 0 bridgehead atoms. The van der Waals surface area contributed by atoms with Crippen molar-refractivity contribution in [3.05, 3.63) is 17.6 Å². The fourth-order valence-electron chi connectivity index (χ4n) is 1.63. The fraction of sp³-hybridized carbons (Fsp3) is 0.583. The summed E-state index contributed by atoms with van der Waals surface area (Å²) in [6, 6.07) is 1.82. The molecule has 0 aromatic carbocycles. The molecule has 1 heterocycles. The van der Waals surface area contributed by atoms with Gasteiger partial charge in [0.15, 0.2) is 0 Å². The summed E-state index contributed by atoms with van der Waals surface area (Å²) in [5.74, 6) is -0.0395. The lowest BCUT2D eigenvalue weighted by molar-refractivity contribution is 0.0683. The number of hydrogen-bond acceptors (Lipinski definition) is 4. The molecule has 0 saturated heterocycles. The summed E-state index contributed by atoms with van der Waals surface area (Å²) in [5, 5.41) is 8.93. The molecule has 0 unspecified atom stereocenters. The molecule has 1 N–H and O–H groups in total. The van der Waals surface area contributed by atoms with Gasteiger partial charge >= 0.3 is 5.97 Å². The van der Waals surface area contributed by atoms with Crippen LogP contribution in [-0.2, 0) is 0 Å². The fourth-order valence-corrected chi connectivity index (χ4v) is 1.63. The number of rotatable bonds is 5. The number of carboxylic acid groups (broad SMARTS) is 1. The van der Waals surface area contributed by atoms with E-state index in [1.54, 1.807) is 6.92 Å². The molecule has 0 aliphatic rings. The molecular formula is C12H19N3O2. The van der Waals surface area contributed by atoms with E-state index in [9.17, 15) is 4.79 Å². The average Bonchev–Trinajstić information content (AvgIpc) is 2.24. The van der Waals surface area contributed by atoms with Crippen molar-refractivity contribution in [1.29, 1.82) is 0 Å². The Bertz CT molecular complexity index is 405. The maximum absolute atomic E-state index is 10.9. The number of aromatic carboxylic acids is 1. The van der Waals surface area contributed by atoms with Gasteiger partial charge in [-0.25, -0.2) is 14.8 Å². The normalized spacial score (nSPS) is 10.6. The van der Waals surface area contributed by atoms with Gasteiger partial charge in [-0.1, -0.05) is 13.8 Å². The van der Waals surface area contributed by atoms with Crippen LogP contribution in [0, 0.1) is 12.8 Å². The summed E-state index contributed by atoms with van der Waals surface area (Å²) in [6.45, 7) is 9.70. The number of aromatic nitrogens is 2. The number of aryl methyl sites for hydroxylation is 1. The van der Waals surface area contributed by atoms with Crippen LogP contribution in [0.3, 0.4) is 0 Å². The highest BCUT2D eigenvalue weighted by Crippen LogP contribution is 2.14. The second-order valence-electron chi connectivity index (χ2n) is 4.43. The lowest BCUT2D eigenvalue weighted by atomic mass is 10.2. The maximum atomic E-state index is 10.9. The van der Waals surface area contributed by atoms with Crippen LogP contribution in [-0.4, -0.2) is 34.1 Å². The Morgan fingerprint density at radius 2 is 2.12 bits per heavy atom. The lowest BCUT2D eigenvalue weighted by Gasteiger charge is -2.24. The highest BCUT2D eigenvalue weighted by molar-refractivity contribution is 5.83. The Hall–Kier alpha value is -1.65. The van der Waals surface area contributed by atoms with Crippen molar-refractivity contribution in [1.82, 2.24) is 9.97 Å². The van der Waals surface area contributed by atoms with Crippen molar-refractivity contribution in [3.63, 3.8) is 0 Å². The Morgan fingerprint density at radius 3 is 2.59 bits per heavy atom. The van der Waals surface area contributed by atoms with Crippen LogP contribution in [0.5, 0.6) is 0 Å². The molecule has 5 heteroatoms. The van der Waals surface area contributed by atoms with Crippen LogP contribution in [0.2, 0.25) is 0 Å². The van der Waals surface area contributed by atoms with E-state index in [1.165, 1.54) is 0 Å². The van der Waals surface area contributed by atoms with Crippen molar-refractivity contribution >= 4 is 11.8 Å². The van der Waals surface area contributed by atoms with Crippen LogP contribution in [0.25, 0.3) is 0 Å². The Kier molecular flexibility index (Phi) is 4.43. The first-order valence-electron chi connectivity index (χ1n) is 5.78. The third kappa shape index (κ3) is 3.69. The van der Waals surface area contributed by atoms with Crippen LogP contribution >= 0.6 is 0 Å². The molecule has 0 atom stereocenters. The number of anilines is 1. The van der Waals surface area contributed by atoms with E-state index in [2.05, 4.69) is 28.7 Å². The molecule has 1 rings (SSSR count). The van der Waals surface area contributed by atoms with Crippen molar-refractivity contribution in [2.75, 3.05) is 18.0 Å². The first-order chi connectivity index (χ1) is 7.93. The van der Waals surface area contributed by atoms with Gasteiger partial charge in [-0.15, -0.1) is 0 Å². The van der Waals surface area contributed by atoms with Crippen molar-refractivity contribution in [2.45, 2.75) is 27.7 Å². The molecule has 5 nitrogen and oxygen atoms in total. The second-order valence-corrected chi connectivity index (χ2v) is 4.43. The van der Waals surface area contributed by atoms with Crippen LogP contribution in [0.4, 0.5) is 5.82 Å².